The molecule has 0 radical (unpaired) electrons. The van der Waals surface area contributed by atoms with E-state index in [0.29, 0.717) is 30.1 Å². The Bertz CT molecular complexity index is 1200. The Morgan fingerprint density at radius 3 is 2.48 bits per heavy atom. The molecule has 2 heterocycles. The van der Waals surface area contributed by atoms with Crippen molar-refractivity contribution in [1.82, 2.24) is 4.90 Å². The zero-order valence-corrected chi connectivity index (χ0v) is 18.1. The smallest absolute Gasteiger partial charge is 0.261 e. The molecule has 1 N–H and O–H groups in total. The van der Waals surface area contributed by atoms with Crippen LogP contribution in [0.1, 0.15) is 21.0 Å². The summed E-state index contributed by atoms with van der Waals surface area (Å²) in [6.45, 7) is 0.737. The van der Waals surface area contributed by atoms with Crippen LogP contribution in [0, 0.1) is 0 Å². The van der Waals surface area contributed by atoms with Gasteiger partial charge in [-0.2, -0.15) is 0 Å². The van der Waals surface area contributed by atoms with Crippen LogP contribution < -0.4 is 4.72 Å². The second-order valence-corrected chi connectivity index (χ2v) is 9.53. The molecule has 6 nitrogen and oxygen atoms in total. The number of carbonyl (C=O) groups is 1. The van der Waals surface area contributed by atoms with Gasteiger partial charge in [0.15, 0.2) is 0 Å². The van der Waals surface area contributed by atoms with Crippen molar-refractivity contribution in [3.05, 3.63) is 107 Å². The number of anilines is 1. The third kappa shape index (κ3) is 5.22. The first-order valence-corrected chi connectivity index (χ1v) is 11.9. The van der Waals surface area contributed by atoms with Crippen LogP contribution in [0.15, 0.2) is 99.8 Å². The topological polar surface area (TPSA) is 79.6 Å². The minimum Gasteiger partial charge on any atom is -0.467 e. The van der Waals surface area contributed by atoms with Crippen molar-refractivity contribution in [2.45, 2.75) is 18.0 Å². The summed E-state index contributed by atoms with van der Waals surface area (Å²) in [5.41, 5.74) is 0.708. The van der Waals surface area contributed by atoms with Gasteiger partial charge < -0.3 is 9.32 Å². The Balaban J connectivity index is 1.57. The minimum absolute atomic E-state index is 0.156. The van der Waals surface area contributed by atoms with Gasteiger partial charge >= 0.3 is 0 Å². The summed E-state index contributed by atoms with van der Waals surface area (Å²) in [5, 5.41) is 1.96. The van der Waals surface area contributed by atoms with Crippen molar-refractivity contribution in [3.63, 3.8) is 0 Å². The fourth-order valence-corrected chi connectivity index (χ4v) is 4.88. The predicted octanol–water partition coefficient (Wildman–Crippen LogP) is 4.98. The highest BCUT2D eigenvalue weighted by atomic mass is 32.2. The normalized spacial score (nSPS) is 11.2. The molecule has 8 heteroatoms. The molecule has 2 aromatic heterocycles. The van der Waals surface area contributed by atoms with Gasteiger partial charge in [0.2, 0.25) is 0 Å². The summed E-state index contributed by atoms with van der Waals surface area (Å²) < 4.78 is 33.2. The van der Waals surface area contributed by atoms with E-state index in [0.717, 1.165) is 4.88 Å². The van der Waals surface area contributed by atoms with Crippen LogP contribution in [0.4, 0.5) is 5.69 Å². The Morgan fingerprint density at radius 2 is 1.77 bits per heavy atom. The van der Waals surface area contributed by atoms with E-state index in [2.05, 4.69) is 4.72 Å². The van der Waals surface area contributed by atoms with Gasteiger partial charge in [-0.3, -0.25) is 9.52 Å². The largest absolute Gasteiger partial charge is 0.467 e. The highest BCUT2D eigenvalue weighted by Gasteiger charge is 2.20. The van der Waals surface area contributed by atoms with Crippen LogP contribution >= 0.6 is 11.3 Å². The van der Waals surface area contributed by atoms with Gasteiger partial charge in [0, 0.05) is 16.1 Å². The number of nitrogens with one attached hydrogen (secondary N) is 1. The zero-order valence-electron chi connectivity index (χ0n) is 16.5. The van der Waals surface area contributed by atoms with Crippen molar-refractivity contribution >= 4 is 33.0 Å². The van der Waals surface area contributed by atoms with Crippen molar-refractivity contribution in [2.24, 2.45) is 0 Å². The summed E-state index contributed by atoms with van der Waals surface area (Å²) >= 11 is 1.57. The lowest BCUT2D eigenvalue weighted by Gasteiger charge is -2.21. The summed E-state index contributed by atoms with van der Waals surface area (Å²) in [6, 6.07) is 22.1. The van der Waals surface area contributed by atoms with Crippen LogP contribution in [0.5, 0.6) is 0 Å². The molecular weight excluding hydrogens is 432 g/mol. The average molecular weight is 453 g/mol. The van der Waals surface area contributed by atoms with Gasteiger partial charge in [0.25, 0.3) is 15.9 Å². The third-order valence-corrected chi connectivity index (χ3v) is 6.81. The molecule has 0 aliphatic rings. The number of thiophene rings is 1. The van der Waals surface area contributed by atoms with Crippen molar-refractivity contribution in [2.75, 3.05) is 4.72 Å². The monoisotopic (exact) mass is 452 g/mol. The highest BCUT2D eigenvalue weighted by molar-refractivity contribution is 7.92. The van der Waals surface area contributed by atoms with Crippen molar-refractivity contribution in [3.8, 4) is 0 Å². The second-order valence-electron chi connectivity index (χ2n) is 6.82. The summed E-state index contributed by atoms with van der Waals surface area (Å²) in [4.78, 5) is 16.2. The van der Waals surface area contributed by atoms with Crippen molar-refractivity contribution < 1.29 is 17.6 Å². The molecule has 0 unspecified atom stereocenters. The number of hydrogen-bond acceptors (Lipinski definition) is 5. The maximum absolute atomic E-state index is 13.3. The first-order valence-electron chi connectivity index (χ1n) is 9.53. The maximum Gasteiger partial charge on any atom is 0.261 e. The number of rotatable bonds is 8. The third-order valence-electron chi connectivity index (χ3n) is 4.56. The molecule has 4 aromatic rings. The number of amides is 1. The molecule has 0 saturated heterocycles. The Kier molecular flexibility index (Phi) is 6.20. The van der Waals surface area contributed by atoms with Crippen molar-refractivity contribution in [1.29, 1.82) is 0 Å². The second kappa shape index (κ2) is 9.20. The molecule has 0 spiro atoms. The number of nitrogens with zero attached hydrogens (tertiary/aromatic N) is 1. The molecule has 31 heavy (non-hydrogen) atoms. The molecule has 1 amide bonds. The average Bonchev–Trinajstić information content (AvgIpc) is 3.48. The fraction of sp³-hybridized carbons (Fsp3) is 0.0870. The van der Waals surface area contributed by atoms with Crippen LogP contribution in [0.2, 0.25) is 0 Å². The Labute approximate surface area is 184 Å². The molecule has 0 fully saturated rings. The first-order chi connectivity index (χ1) is 15.0. The highest BCUT2D eigenvalue weighted by Crippen LogP contribution is 2.21. The molecule has 0 aliphatic heterocycles. The van der Waals surface area contributed by atoms with Gasteiger partial charge in [-0.25, -0.2) is 8.42 Å². The number of sulfonamides is 1. The molecule has 4 rings (SSSR count). The Morgan fingerprint density at radius 1 is 0.935 bits per heavy atom. The van der Waals surface area contributed by atoms with Crippen LogP contribution in [-0.4, -0.2) is 19.2 Å². The molecule has 0 aliphatic carbocycles. The lowest BCUT2D eigenvalue weighted by molar-refractivity contribution is 0.0719. The lowest BCUT2D eigenvalue weighted by Crippen LogP contribution is -2.29. The van der Waals surface area contributed by atoms with Crippen LogP contribution in [-0.2, 0) is 23.1 Å². The van der Waals surface area contributed by atoms with Gasteiger partial charge in [-0.15, -0.1) is 11.3 Å². The lowest BCUT2D eigenvalue weighted by atomic mass is 10.1. The number of carbonyl (C=O) groups excluding carboxylic acids is 1. The Hall–Kier alpha value is -3.36. The predicted molar refractivity (Wildman–Crippen MR) is 120 cm³/mol. The van der Waals surface area contributed by atoms with E-state index in [1.165, 1.54) is 12.1 Å². The first kappa shape index (κ1) is 20.9. The van der Waals surface area contributed by atoms with E-state index in [9.17, 15) is 13.2 Å². The SMILES string of the molecule is O=C(c1cccc(NS(=O)(=O)c2ccccc2)c1)N(Cc1ccco1)Cc1cccs1. The van der Waals surface area contributed by atoms with E-state index in [1.807, 2.05) is 23.6 Å². The summed E-state index contributed by atoms with van der Waals surface area (Å²) in [6.07, 6.45) is 1.57. The van der Waals surface area contributed by atoms with Gasteiger partial charge in [-0.05, 0) is 53.9 Å². The standard InChI is InChI=1S/C23H20N2O4S2/c26-23(25(16-20-9-5-13-29-20)17-21-10-6-14-30-21)18-7-4-8-19(15-18)24-31(27,28)22-11-2-1-3-12-22/h1-15,24H,16-17H2. The molecule has 0 bridgehead atoms. The van der Waals surface area contributed by atoms with Gasteiger partial charge in [-0.1, -0.05) is 30.3 Å². The molecule has 0 atom stereocenters. The zero-order chi connectivity index (χ0) is 21.7. The quantitative estimate of drug-likeness (QED) is 0.409. The fourth-order valence-electron chi connectivity index (χ4n) is 3.09. The van der Waals surface area contributed by atoms with E-state index >= 15 is 0 Å². The molecule has 2 aromatic carbocycles. The molecule has 0 saturated carbocycles. The minimum atomic E-state index is -3.75. The van der Waals surface area contributed by atoms with Gasteiger partial charge in [0.05, 0.1) is 24.2 Å². The number of benzene rings is 2. The van der Waals surface area contributed by atoms with E-state index in [-0.39, 0.29) is 10.8 Å². The van der Waals surface area contributed by atoms with Crippen LogP contribution in [0.25, 0.3) is 0 Å². The summed E-state index contributed by atoms with van der Waals surface area (Å²) in [5.74, 6) is 0.455. The summed E-state index contributed by atoms with van der Waals surface area (Å²) in [7, 11) is -3.75. The van der Waals surface area contributed by atoms with Gasteiger partial charge in [0.1, 0.15) is 5.76 Å². The van der Waals surface area contributed by atoms with E-state index in [4.69, 9.17) is 4.42 Å². The van der Waals surface area contributed by atoms with E-state index in [1.54, 1.807) is 71.0 Å². The molecular formula is C23H20N2O4S2. The van der Waals surface area contributed by atoms with E-state index < -0.39 is 10.0 Å². The van der Waals surface area contributed by atoms with Crippen LogP contribution in [0.3, 0.4) is 0 Å². The maximum atomic E-state index is 13.3. The number of furan rings is 1. The molecule has 158 valence electrons. The number of hydrogen-bond donors (Lipinski definition) is 1.